The highest BCUT2D eigenvalue weighted by Crippen LogP contribution is 2.33. The largest absolute Gasteiger partial charge is 0.486 e. The van der Waals surface area contributed by atoms with E-state index in [2.05, 4.69) is 41.4 Å². The summed E-state index contributed by atoms with van der Waals surface area (Å²) in [7, 11) is 0. The maximum atomic E-state index is 12.8. The van der Waals surface area contributed by atoms with Crippen molar-refractivity contribution in [3.8, 4) is 11.5 Å². The number of ether oxygens (including phenoxy) is 2. The molecular formula is C22H26N2O3. The van der Waals surface area contributed by atoms with Gasteiger partial charge in [-0.2, -0.15) is 0 Å². The summed E-state index contributed by atoms with van der Waals surface area (Å²) in [6.45, 7) is 6.00. The maximum absolute atomic E-state index is 12.8. The standard InChI is InChI=1S/C22H26N2O3/c1-16-5-2-3-6-17(16)14-24-10-4-7-18(15-24)22(25)23-19-8-9-20-21(13-19)27-12-11-26-20/h2-3,5-6,8-9,13,18H,4,7,10-12,14-15H2,1H3,(H,23,25). The maximum Gasteiger partial charge on any atom is 0.228 e. The van der Waals surface area contributed by atoms with E-state index in [0.29, 0.717) is 19.0 Å². The summed E-state index contributed by atoms with van der Waals surface area (Å²) in [5.74, 6) is 1.53. The second-order valence-corrected chi connectivity index (χ2v) is 7.35. The molecule has 2 aromatic rings. The number of nitrogens with one attached hydrogen (secondary N) is 1. The SMILES string of the molecule is Cc1ccccc1CN1CCCC(C(=O)Nc2ccc3c(c2)OCCO3)C1. The van der Waals surface area contributed by atoms with Crippen molar-refractivity contribution < 1.29 is 14.3 Å². The number of nitrogens with zero attached hydrogens (tertiary/aromatic N) is 1. The van der Waals surface area contributed by atoms with Gasteiger partial charge in [-0.25, -0.2) is 0 Å². The molecule has 0 radical (unpaired) electrons. The van der Waals surface area contributed by atoms with Crippen LogP contribution in [0.5, 0.6) is 11.5 Å². The van der Waals surface area contributed by atoms with E-state index in [4.69, 9.17) is 9.47 Å². The minimum Gasteiger partial charge on any atom is -0.486 e. The Morgan fingerprint density at radius 2 is 1.96 bits per heavy atom. The van der Waals surface area contributed by atoms with Crippen LogP contribution in [0.15, 0.2) is 42.5 Å². The fraction of sp³-hybridized carbons (Fsp3) is 0.409. The molecule has 1 saturated heterocycles. The van der Waals surface area contributed by atoms with E-state index in [1.165, 1.54) is 11.1 Å². The van der Waals surface area contributed by atoms with E-state index < -0.39 is 0 Å². The highest BCUT2D eigenvalue weighted by Gasteiger charge is 2.26. The Morgan fingerprint density at radius 3 is 2.81 bits per heavy atom. The lowest BCUT2D eigenvalue weighted by atomic mass is 9.96. The normalized spacial score (nSPS) is 19.5. The van der Waals surface area contributed by atoms with Gasteiger partial charge < -0.3 is 14.8 Å². The van der Waals surface area contributed by atoms with Crippen LogP contribution in [0.1, 0.15) is 24.0 Å². The minimum atomic E-state index is 0.0102. The Morgan fingerprint density at radius 1 is 1.15 bits per heavy atom. The van der Waals surface area contributed by atoms with Crippen molar-refractivity contribution in [1.29, 1.82) is 0 Å². The number of rotatable bonds is 4. The van der Waals surface area contributed by atoms with Gasteiger partial charge in [0.05, 0.1) is 5.92 Å². The smallest absolute Gasteiger partial charge is 0.228 e. The van der Waals surface area contributed by atoms with E-state index in [1.54, 1.807) is 0 Å². The molecule has 0 saturated carbocycles. The van der Waals surface area contributed by atoms with Crippen molar-refractivity contribution in [2.24, 2.45) is 5.92 Å². The predicted octanol–water partition coefficient (Wildman–Crippen LogP) is 3.62. The number of amides is 1. The van der Waals surface area contributed by atoms with Crippen molar-refractivity contribution in [2.75, 3.05) is 31.6 Å². The number of hydrogen-bond acceptors (Lipinski definition) is 4. The first-order chi connectivity index (χ1) is 13.2. The molecule has 1 fully saturated rings. The molecule has 1 unspecified atom stereocenters. The second kappa shape index (κ2) is 8.01. The molecule has 27 heavy (non-hydrogen) atoms. The molecule has 5 heteroatoms. The second-order valence-electron chi connectivity index (χ2n) is 7.35. The number of anilines is 1. The lowest BCUT2D eigenvalue weighted by molar-refractivity contribution is -0.121. The van der Waals surface area contributed by atoms with Gasteiger partial charge in [-0.05, 0) is 49.6 Å². The molecule has 1 atom stereocenters. The number of carbonyl (C=O) groups is 1. The molecule has 0 bridgehead atoms. The van der Waals surface area contributed by atoms with E-state index in [1.807, 2.05) is 18.2 Å². The first-order valence-electron chi connectivity index (χ1n) is 9.66. The molecule has 2 heterocycles. The van der Waals surface area contributed by atoms with E-state index in [-0.39, 0.29) is 11.8 Å². The first kappa shape index (κ1) is 17.9. The van der Waals surface area contributed by atoms with Gasteiger partial charge in [0, 0.05) is 24.8 Å². The Kier molecular flexibility index (Phi) is 5.30. The monoisotopic (exact) mass is 366 g/mol. The molecule has 0 aliphatic carbocycles. The number of benzene rings is 2. The quantitative estimate of drug-likeness (QED) is 0.898. The lowest BCUT2D eigenvalue weighted by Crippen LogP contribution is -2.40. The van der Waals surface area contributed by atoms with Gasteiger partial charge >= 0.3 is 0 Å². The van der Waals surface area contributed by atoms with Gasteiger partial charge in [-0.3, -0.25) is 9.69 Å². The molecule has 2 aromatic carbocycles. The van der Waals surface area contributed by atoms with Gasteiger partial charge in [0.25, 0.3) is 0 Å². The topological polar surface area (TPSA) is 50.8 Å². The Labute approximate surface area is 160 Å². The summed E-state index contributed by atoms with van der Waals surface area (Å²) in [5.41, 5.74) is 3.41. The van der Waals surface area contributed by atoms with Gasteiger partial charge in [-0.1, -0.05) is 24.3 Å². The van der Waals surface area contributed by atoms with Crippen molar-refractivity contribution in [1.82, 2.24) is 4.90 Å². The Hall–Kier alpha value is -2.53. The van der Waals surface area contributed by atoms with Gasteiger partial charge in [0.15, 0.2) is 11.5 Å². The third kappa shape index (κ3) is 4.25. The fourth-order valence-electron chi connectivity index (χ4n) is 3.81. The summed E-state index contributed by atoms with van der Waals surface area (Å²) in [5, 5.41) is 3.06. The van der Waals surface area contributed by atoms with Crippen LogP contribution in [0.3, 0.4) is 0 Å². The average Bonchev–Trinajstić information content (AvgIpc) is 2.70. The molecule has 0 spiro atoms. The number of hydrogen-bond donors (Lipinski definition) is 1. The van der Waals surface area contributed by atoms with Crippen molar-refractivity contribution >= 4 is 11.6 Å². The molecule has 2 aliphatic heterocycles. The number of piperidine rings is 1. The molecule has 1 N–H and O–H groups in total. The highest BCUT2D eigenvalue weighted by molar-refractivity contribution is 5.93. The average molecular weight is 366 g/mol. The third-order valence-electron chi connectivity index (χ3n) is 5.34. The zero-order chi connectivity index (χ0) is 18.6. The van der Waals surface area contributed by atoms with Crippen LogP contribution in [0.4, 0.5) is 5.69 Å². The lowest BCUT2D eigenvalue weighted by Gasteiger charge is -2.32. The summed E-state index contributed by atoms with van der Waals surface area (Å²) >= 11 is 0. The first-order valence-corrected chi connectivity index (χ1v) is 9.66. The molecule has 142 valence electrons. The molecule has 1 amide bonds. The molecule has 0 aromatic heterocycles. The number of fused-ring (bicyclic) bond motifs is 1. The van der Waals surface area contributed by atoms with Crippen molar-refractivity contribution in [3.05, 3.63) is 53.6 Å². The third-order valence-corrected chi connectivity index (χ3v) is 5.34. The van der Waals surface area contributed by atoms with Crippen LogP contribution >= 0.6 is 0 Å². The highest BCUT2D eigenvalue weighted by atomic mass is 16.6. The van der Waals surface area contributed by atoms with Crippen molar-refractivity contribution in [3.63, 3.8) is 0 Å². The van der Waals surface area contributed by atoms with Crippen molar-refractivity contribution in [2.45, 2.75) is 26.3 Å². The van der Waals surface area contributed by atoms with Crippen LogP contribution in [-0.2, 0) is 11.3 Å². The van der Waals surface area contributed by atoms with E-state index >= 15 is 0 Å². The minimum absolute atomic E-state index is 0.0102. The van der Waals surface area contributed by atoms with Crippen LogP contribution in [0, 0.1) is 12.8 Å². The van der Waals surface area contributed by atoms with Crippen LogP contribution in [-0.4, -0.2) is 37.1 Å². The number of carbonyl (C=O) groups excluding carboxylic acids is 1. The molecular weight excluding hydrogens is 340 g/mol. The Bertz CT molecular complexity index is 821. The summed E-state index contributed by atoms with van der Waals surface area (Å²) in [4.78, 5) is 15.2. The zero-order valence-electron chi connectivity index (χ0n) is 15.7. The summed E-state index contributed by atoms with van der Waals surface area (Å²) in [6, 6.07) is 14.0. The van der Waals surface area contributed by atoms with Gasteiger partial charge in [0.1, 0.15) is 13.2 Å². The molecule has 2 aliphatic rings. The molecule has 5 nitrogen and oxygen atoms in total. The Balaban J connectivity index is 1.38. The van der Waals surface area contributed by atoms with Gasteiger partial charge in [0.2, 0.25) is 5.91 Å². The number of likely N-dealkylation sites (tertiary alicyclic amines) is 1. The zero-order valence-corrected chi connectivity index (χ0v) is 15.7. The van der Waals surface area contributed by atoms with Crippen LogP contribution in [0.2, 0.25) is 0 Å². The van der Waals surface area contributed by atoms with Crippen LogP contribution < -0.4 is 14.8 Å². The molecule has 4 rings (SSSR count). The van der Waals surface area contributed by atoms with Crippen LogP contribution in [0.25, 0.3) is 0 Å². The summed E-state index contributed by atoms with van der Waals surface area (Å²) in [6.07, 6.45) is 1.98. The summed E-state index contributed by atoms with van der Waals surface area (Å²) < 4.78 is 11.1. The van der Waals surface area contributed by atoms with Gasteiger partial charge in [-0.15, -0.1) is 0 Å². The van der Waals surface area contributed by atoms with E-state index in [0.717, 1.165) is 43.9 Å². The number of aryl methyl sites for hydroxylation is 1. The van der Waals surface area contributed by atoms with E-state index in [9.17, 15) is 4.79 Å². The fourth-order valence-corrected chi connectivity index (χ4v) is 3.81. The predicted molar refractivity (Wildman–Crippen MR) is 105 cm³/mol.